The molecule has 64 heavy (non-hydrogen) atoms. The molecule has 5 heterocycles. The topological polar surface area (TPSA) is 186 Å². The normalized spacial score (nSPS) is 18.0. The van der Waals surface area contributed by atoms with Gasteiger partial charge >= 0.3 is 6.03 Å². The Kier molecular flexibility index (Phi) is 12.9. The van der Waals surface area contributed by atoms with E-state index in [9.17, 15) is 27.6 Å². The monoisotopic (exact) mass is 911 g/mol. The number of imide groups is 2. The molecule has 0 aliphatic carbocycles. The number of hydrogen-bond donors (Lipinski definition) is 3. The summed E-state index contributed by atoms with van der Waals surface area (Å²) in [6, 6.07) is 15.4. The molecule has 0 unspecified atom stereocenters. The number of anilines is 5. The Morgan fingerprint density at radius 1 is 0.859 bits per heavy atom. The minimum Gasteiger partial charge on any atom is -0.489 e. The van der Waals surface area contributed by atoms with E-state index in [2.05, 4.69) is 54.8 Å². The predicted octanol–water partition coefficient (Wildman–Crippen LogP) is 7.44. The number of halogens is 1. The molecule has 3 saturated heterocycles. The quantitative estimate of drug-likeness (QED) is 0.113. The first-order valence-corrected chi connectivity index (χ1v) is 23.8. The lowest BCUT2D eigenvalue weighted by atomic mass is 9.85. The minimum atomic E-state index is -3.58. The molecule has 0 radical (unpaired) electrons. The second kappa shape index (κ2) is 18.4. The van der Waals surface area contributed by atoms with Crippen molar-refractivity contribution in [2.24, 2.45) is 5.92 Å². The number of nitrogens with zero attached hydrogens (tertiary/aromatic N) is 6. The van der Waals surface area contributed by atoms with Gasteiger partial charge in [0.15, 0.2) is 15.7 Å². The van der Waals surface area contributed by atoms with Crippen LogP contribution in [0.4, 0.5) is 33.6 Å². The first-order valence-electron chi connectivity index (χ1n) is 21.9. The van der Waals surface area contributed by atoms with Gasteiger partial charge < -0.3 is 25.2 Å². The maximum Gasteiger partial charge on any atom is 0.343 e. The minimum absolute atomic E-state index is 0.0120. The van der Waals surface area contributed by atoms with E-state index in [1.165, 1.54) is 11.8 Å². The summed E-state index contributed by atoms with van der Waals surface area (Å²) in [5.41, 5.74) is 4.85. The number of aromatic nitrogens is 2. The van der Waals surface area contributed by atoms with Crippen LogP contribution in [0.2, 0.25) is 5.02 Å². The van der Waals surface area contributed by atoms with Gasteiger partial charge in [-0.2, -0.15) is 9.99 Å². The molecule has 0 saturated carbocycles. The van der Waals surface area contributed by atoms with Gasteiger partial charge in [-0.25, -0.2) is 23.2 Å². The van der Waals surface area contributed by atoms with Gasteiger partial charge in [0.2, 0.25) is 11.9 Å². The summed E-state index contributed by atoms with van der Waals surface area (Å²) in [6.45, 7) is 14.0. The number of hydrogen-bond acceptors (Lipinski definition) is 13. The highest BCUT2D eigenvalue weighted by Crippen LogP contribution is 2.39. The summed E-state index contributed by atoms with van der Waals surface area (Å²) in [5, 5.41) is 10.1. The van der Waals surface area contributed by atoms with Crippen molar-refractivity contribution in [1.29, 1.82) is 0 Å². The Balaban J connectivity index is 0.873. The number of ether oxygens (including phenoxy) is 1. The van der Waals surface area contributed by atoms with E-state index < -0.39 is 38.8 Å². The number of piperidine rings is 2. The van der Waals surface area contributed by atoms with Gasteiger partial charge in [-0.1, -0.05) is 23.7 Å². The van der Waals surface area contributed by atoms with Gasteiger partial charge in [0.25, 0.3) is 11.8 Å². The number of para-hydroxylation sites is 1. The smallest absolute Gasteiger partial charge is 0.343 e. The Morgan fingerprint density at radius 3 is 2.28 bits per heavy atom. The maximum absolute atomic E-state index is 13.4. The second-order valence-electron chi connectivity index (χ2n) is 17.5. The van der Waals surface area contributed by atoms with Gasteiger partial charge in [-0.15, -0.1) is 0 Å². The fourth-order valence-corrected chi connectivity index (χ4v) is 10.3. The van der Waals surface area contributed by atoms with Crippen LogP contribution in [0.1, 0.15) is 97.6 Å². The molecule has 3 fully saturated rings. The Morgan fingerprint density at radius 2 is 1.58 bits per heavy atom. The number of benzene rings is 3. The fourth-order valence-electron chi connectivity index (χ4n) is 8.97. The van der Waals surface area contributed by atoms with Crippen molar-refractivity contribution in [2.45, 2.75) is 88.9 Å². The third-order valence-corrected chi connectivity index (χ3v) is 14.9. The highest BCUT2D eigenvalue weighted by molar-refractivity contribution is 7.92. The summed E-state index contributed by atoms with van der Waals surface area (Å²) in [5.74, 6) is 0.557. The van der Waals surface area contributed by atoms with Crippen molar-refractivity contribution in [1.82, 2.24) is 30.2 Å². The highest BCUT2D eigenvalue weighted by Gasteiger charge is 2.43. The van der Waals surface area contributed by atoms with Crippen LogP contribution in [0.15, 0.2) is 65.7 Å². The lowest BCUT2D eigenvalue weighted by Gasteiger charge is -2.38. The van der Waals surface area contributed by atoms with Crippen molar-refractivity contribution in [3.05, 3.63) is 88.1 Å². The number of sulfone groups is 1. The third-order valence-electron chi connectivity index (χ3n) is 12.4. The van der Waals surface area contributed by atoms with Crippen LogP contribution >= 0.6 is 11.6 Å². The average molecular weight is 913 g/mol. The van der Waals surface area contributed by atoms with Crippen LogP contribution in [0.3, 0.4) is 0 Å². The Bertz CT molecular complexity index is 2590. The number of likely N-dealkylation sites (tertiary alicyclic amines) is 1. The number of rotatable bonds is 13. The zero-order valence-corrected chi connectivity index (χ0v) is 38.3. The number of aryl methyl sites for hydroxylation is 1. The molecule has 338 valence electrons. The van der Waals surface area contributed by atoms with Gasteiger partial charge in [0.05, 0.1) is 51.5 Å². The Labute approximate surface area is 378 Å². The largest absolute Gasteiger partial charge is 0.489 e. The van der Waals surface area contributed by atoms with Gasteiger partial charge in [-0.3, -0.25) is 19.7 Å². The molecule has 4 aromatic rings. The van der Waals surface area contributed by atoms with Crippen LogP contribution in [0.5, 0.6) is 5.75 Å². The molecule has 8 rings (SSSR count). The van der Waals surface area contributed by atoms with E-state index in [0.717, 1.165) is 79.7 Å². The molecular formula is C46H54ClN9O7S. The molecule has 0 bridgehead atoms. The standard InChI is InChI=1S/C46H54ClN9O7S/c1-27(2)63-39-24-34(29(5)22-38(39)50-45-48-25-36(47)42(52-45)49-37-8-6-7-9-40(37)64(61,62)28(3)4)31-14-17-53(18-15-31)26-30-12-19-54(20-13-30)32-10-11-33-35(23-32)44(59)56(43(33)58)55-21-16-41(57)51-46(55)60/h6-11,22-25,27-28,30-31H,12-21,26H2,1-5H3,(H,51,57,60)(H2,48,49,50,52). The molecule has 16 nitrogen and oxygen atoms in total. The molecule has 0 spiro atoms. The van der Waals surface area contributed by atoms with E-state index in [-0.39, 0.29) is 51.9 Å². The van der Waals surface area contributed by atoms with Crippen LogP contribution < -0.4 is 25.6 Å². The van der Waals surface area contributed by atoms with Crippen LogP contribution in [-0.4, -0.2) is 108 Å². The predicted molar refractivity (Wildman–Crippen MR) is 244 cm³/mol. The van der Waals surface area contributed by atoms with E-state index in [4.69, 9.17) is 16.3 Å². The average Bonchev–Trinajstić information content (AvgIpc) is 3.51. The number of fused-ring (bicyclic) bond motifs is 1. The lowest BCUT2D eigenvalue weighted by molar-refractivity contribution is -0.122. The zero-order valence-electron chi connectivity index (χ0n) is 36.7. The van der Waals surface area contributed by atoms with E-state index >= 15 is 0 Å². The van der Waals surface area contributed by atoms with Gasteiger partial charge in [-0.05, 0) is 139 Å². The molecule has 5 amide bonds. The summed E-state index contributed by atoms with van der Waals surface area (Å²) in [6.07, 6.45) is 5.44. The van der Waals surface area contributed by atoms with Crippen LogP contribution in [0.25, 0.3) is 0 Å². The van der Waals surface area contributed by atoms with Crippen molar-refractivity contribution in [3.8, 4) is 5.75 Å². The van der Waals surface area contributed by atoms with Crippen molar-refractivity contribution < 1.29 is 32.3 Å². The summed E-state index contributed by atoms with van der Waals surface area (Å²) >= 11 is 6.53. The number of carbonyl (C=O) groups is 4. The zero-order chi connectivity index (χ0) is 45.4. The molecule has 18 heteroatoms. The van der Waals surface area contributed by atoms with E-state index in [1.807, 2.05) is 19.9 Å². The first kappa shape index (κ1) is 44.8. The highest BCUT2D eigenvalue weighted by atomic mass is 35.5. The van der Waals surface area contributed by atoms with E-state index in [1.54, 1.807) is 50.2 Å². The Hall–Kier alpha value is -5.78. The van der Waals surface area contributed by atoms with Crippen LogP contribution in [0, 0.1) is 12.8 Å². The molecular weight excluding hydrogens is 858 g/mol. The number of hydrazine groups is 1. The number of carbonyl (C=O) groups excluding carboxylic acids is 4. The summed E-state index contributed by atoms with van der Waals surface area (Å²) in [4.78, 5) is 64.6. The first-order chi connectivity index (χ1) is 30.6. The number of urea groups is 1. The molecule has 3 N–H and O–H groups in total. The van der Waals surface area contributed by atoms with Crippen LogP contribution in [-0.2, 0) is 14.6 Å². The fraction of sp³-hybridized carbons (Fsp3) is 0.435. The third kappa shape index (κ3) is 9.24. The summed E-state index contributed by atoms with van der Waals surface area (Å²) < 4.78 is 32.6. The molecule has 3 aromatic carbocycles. The van der Waals surface area contributed by atoms with Crippen molar-refractivity contribution >= 4 is 74.0 Å². The number of amides is 5. The maximum atomic E-state index is 13.4. The van der Waals surface area contributed by atoms with Crippen molar-refractivity contribution in [3.63, 3.8) is 0 Å². The lowest BCUT2D eigenvalue weighted by Crippen LogP contribution is -2.58. The molecule has 1 aromatic heterocycles. The number of nitrogens with one attached hydrogen (secondary N) is 3. The molecule has 0 atom stereocenters. The van der Waals surface area contributed by atoms with Gasteiger partial charge in [0, 0.05) is 31.7 Å². The SMILES string of the molecule is Cc1cc(Nc2ncc(Cl)c(Nc3ccccc3S(=O)(=O)C(C)C)n2)c(OC(C)C)cc1C1CCN(CC2CCN(c3ccc4c(c3)C(=O)N(N3CCC(=O)NC3=O)C4=O)CC2)CC1. The van der Waals surface area contributed by atoms with Crippen molar-refractivity contribution in [2.75, 3.05) is 54.8 Å². The van der Waals surface area contributed by atoms with Gasteiger partial charge in [0.1, 0.15) is 10.8 Å². The van der Waals surface area contributed by atoms with E-state index in [0.29, 0.717) is 29.0 Å². The molecule has 4 aliphatic rings. The second-order valence-corrected chi connectivity index (χ2v) is 20.4. The summed E-state index contributed by atoms with van der Waals surface area (Å²) in [7, 11) is -3.58. The molecule has 4 aliphatic heterocycles.